The summed E-state index contributed by atoms with van der Waals surface area (Å²) in [5, 5.41) is 3.71. The van der Waals surface area contributed by atoms with Gasteiger partial charge < -0.3 is 5.32 Å². The third-order valence-corrected chi connectivity index (χ3v) is 3.88. The zero-order chi connectivity index (χ0) is 15.9. The van der Waals surface area contributed by atoms with Crippen LogP contribution in [0.3, 0.4) is 0 Å². The molecule has 1 N–H and O–H groups in total. The highest BCUT2D eigenvalue weighted by atomic mass is 35.5. The van der Waals surface area contributed by atoms with E-state index >= 15 is 0 Å². The third-order valence-electron chi connectivity index (χ3n) is 3.34. The molecule has 4 nitrogen and oxygen atoms in total. The van der Waals surface area contributed by atoms with Crippen LogP contribution in [0.1, 0.15) is 21.7 Å². The Labute approximate surface area is 137 Å². The van der Waals surface area contributed by atoms with Gasteiger partial charge in [0.15, 0.2) is 0 Å². The van der Waals surface area contributed by atoms with Gasteiger partial charge >= 0.3 is 0 Å². The van der Waals surface area contributed by atoms with Crippen LogP contribution in [0.2, 0.25) is 10.0 Å². The molecule has 3 aromatic rings. The van der Waals surface area contributed by atoms with Crippen molar-refractivity contribution in [3.05, 3.63) is 63.5 Å². The molecular weight excluding hydrogens is 321 g/mol. The van der Waals surface area contributed by atoms with E-state index in [4.69, 9.17) is 23.2 Å². The second-order valence-corrected chi connectivity index (χ2v) is 5.90. The number of imidazole rings is 1. The number of rotatable bonds is 2. The predicted octanol–water partition coefficient (Wildman–Crippen LogP) is 4.51. The second-order valence-electron chi connectivity index (χ2n) is 5.06. The number of benzene rings is 1. The van der Waals surface area contributed by atoms with Crippen molar-refractivity contribution in [1.29, 1.82) is 0 Å². The number of nitrogens with one attached hydrogen (secondary N) is 1. The maximum Gasteiger partial charge on any atom is 0.274 e. The van der Waals surface area contributed by atoms with Crippen LogP contribution in [-0.4, -0.2) is 15.3 Å². The average molecular weight is 334 g/mol. The highest BCUT2D eigenvalue weighted by Crippen LogP contribution is 2.26. The van der Waals surface area contributed by atoms with Gasteiger partial charge in [0.25, 0.3) is 5.91 Å². The number of carbonyl (C=O) groups excluding carboxylic acids is 1. The summed E-state index contributed by atoms with van der Waals surface area (Å²) in [5.41, 5.74) is 3.44. The molecule has 0 aliphatic carbocycles. The number of carbonyl (C=O) groups is 1. The van der Waals surface area contributed by atoms with Crippen molar-refractivity contribution >= 4 is 40.4 Å². The highest BCUT2D eigenvalue weighted by Gasteiger charge is 2.17. The van der Waals surface area contributed by atoms with Crippen LogP contribution < -0.4 is 5.32 Å². The number of nitrogens with zero attached hydrogens (tertiary/aromatic N) is 2. The molecule has 1 amide bonds. The lowest BCUT2D eigenvalue weighted by Gasteiger charge is -2.08. The first kappa shape index (κ1) is 14.9. The fraction of sp³-hybridized carbons (Fsp3) is 0.125. The molecular formula is C16H13Cl2N3O. The van der Waals surface area contributed by atoms with E-state index in [1.165, 1.54) is 0 Å². The first-order valence-electron chi connectivity index (χ1n) is 6.67. The van der Waals surface area contributed by atoms with Gasteiger partial charge in [-0.15, -0.1) is 0 Å². The minimum absolute atomic E-state index is 0.264. The van der Waals surface area contributed by atoms with Crippen LogP contribution in [-0.2, 0) is 0 Å². The molecule has 0 fully saturated rings. The summed E-state index contributed by atoms with van der Waals surface area (Å²) in [7, 11) is 0. The minimum Gasteiger partial charge on any atom is -0.319 e. The average Bonchev–Trinajstić information content (AvgIpc) is 2.77. The van der Waals surface area contributed by atoms with Gasteiger partial charge in [-0.2, -0.15) is 0 Å². The van der Waals surface area contributed by atoms with E-state index in [0.29, 0.717) is 27.1 Å². The van der Waals surface area contributed by atoms with Gasteiger partial charge in [0.05, 0.1) is 16.4 Å². The maximum atomic E-state index is 12.6. The Morgan fingerprint density at radius 1 is 1.18 bits per heavy atom. The van der Waals surface area contributed by atoms with Crippen molar-refractivity contribution in [3.8, 4) is 0 Å². The first-order chi connectivity index (χ1) is 10.5. The monoisotopic (exact) mass is 333 g/mol. The molecule has 1 aromatic carbocycles. The van der Waals surface area contributed by atoms with Crippen LogP contribution in [0, 0.1) is 13.8 Å². The first-order valence-corrected chi connectivity index (χ1v) is 7.43. The van der Waals surface area contributed by atoms with E-state index in [9.17, 15) is 4.79 Å². The summed E-state index contributed by atoms with van der Waals surface area (Å²) < 4.78 is 1.78. The molecule has 0 aliphatic rings. The molecule has 112 valence electrons. The van der Waals surface area contributed by atoms with Crippen LogP contribution in [0.5, 0.6) is 0 Å². The van der Waals surface area contributed by atoms with Crippen molar-refractivity contribution < 1.29 is 4.79 Å². The zero-order valence-electron chi connectivity index (χ0n) is 12.0. The van der Waals surface area contributed by atoms with Crippen LogP contribution in [0.25, 0.3) is 5.65 Å². The molecule has 22 heavy (non-hydrogen) atoms. The molecule has 0 aliphatic heterocycles. The summed E-state index contributed by atoms with van der Waals surface area (Å²) in [6.07, 6.45) is 1.88. The van der Waals surface area contributed by atoms with Crippen molar-refractivity contribution in [2.24, 2.45) is 0 Å². The van der Waals surface area contributed by atoms with Gasteiger partial charge in [-0.3, -0.25) is 9.20 Å². The molecule has 0 radical (unpaired) electrons. The third kappa shape index (κ3) is 2.67. The number of anilines is 1. The van der Waals surface area contributed by atoms with Gasteiger partial charge in [-0.05, 0) is 43.7 Å². The number of hydrogen-bond acceptors (Lipinski definition) is 2. The Morgan fingerprint density at radius 3 is 2.68 bits per heavy atom. The maximum absolute atomic E-state index is 12.6. The number of halogens is 2. The van der Waals surface area contributed by atoms with Crippen molar-refractivity contribution in [3.63, 3.8) is 0 Å². The lowest BCUT2D eigenvalue weighted by Crippen LogP contribution is -2.16. The number of hydrogen-bond donors (Lipinski definition) is 1. The van der Waals surface area contributed by atoms with Crippen LogP contribution >= 0.6 is 23.2 Å². The van der Waals surface area contributed by atoms with E-state index in [2.05, 4.69) is 10.3 Å². The highest BCUT2D eigenvalue weighted by molar-refractivity contribution is 6.36. The lowest BCUT2D eigenvalue weighted by molar-refractivity contribution is 0.102. The predicted molar refractivity (Wildman–Crippen MR) is 89.1 cm³/mol. The summed E-state index contributed by atoms with van der Waals surface area (Å²) in [6.45, 7) is 3.77. The Kier molecular flexibility index (Phi) is 3.81. The van der Waals surface area contributed by atoms with Gasteiger partial charge in [0.1, 0.15) is 11.3 Å². The van der Waals surface area contributed by atoms with E-state index in [1.54, 1.807) is 29.5 Å². The molecule has 2 aromatic heterocycles. The molecule has 0 atom stereocenters. The van der Waals surface area contributed by atoms with E-state index < -0.39 is 0 Å². The van der Waals surface area contributed by atoms with Gasteiger partial charge in [-0.25, -0.2) is 4.98 Å². The Bertz CT molecular complexity index is 886. The van der Waals surface area contributed by atoms with E-state index in [1.807, 2.05) is 25.3 Å². The number of amides is 1. The molecule has 0 spiro atoms. The van der Waals surface area contributed by atoms with Gasteiger partial charge in [-0.1, -0.05) is 29.3 Å². The van der Waals surface area contributed by atoms with Crippen LogP contribution in [0.15, 0.2) is 36.5 Å². The normalized spacial score (nSPS) is 10.9. The van der Waals surface area contributed by atoms with E-state index in [0.717, 1.165) is 11.2 Å². The summed E-state index contributed by atoms with van der Waals surface area (Å²) in [6, 6.07) is 8.78. The Balaban J connectivity index is 2.02. The van der Waals surface area contributed by atoms with Crippen molar-refractivity contribution in [2.45, 2.75) is 13.8 Å². The topological polar surface area (TPSA) is 46.4 Å². The second kappa shape index (κ2) is 5.63. The standard InChI is InChI=1S/C16H13Cl2N3O/c1-9-3-6-14-19-10(2)15(21(14)8-9)16(22)20-13-5-4-11(17)7-12(13)18/h3-8H,1-2H3,(H,20,22). The number of aromatic nitrogens is 2. The Hall–Kier alpha value is -2.04. The number of aryl methyl sites for hydroxylation is 2. The molecule has 0 saturated carbocycles. The molecule has 0 unspecified atom stereocenters. The summed E-state index contributed by atoms with van der Waals surface area (Å²) in [5.74, 6) is -0.264. The molecule has 3 rings (SSSR count). The minimum atomic E-state index is -0.264. The summed E-state index contributed by atoms with van der Waals surface area (Å²) in [4.78, 5) is 17.0. The molecule has 6 heteroatoms. The van der Waals surface area contributed by atoms with Crippen LogP contribution in [0.4, 0.5) is 5.69 Å². The number of pyridine rings is 1. The van der Waals surface area contributed by atoms with Crippen molar-refractivity contribution in [1.82, 2.24) is 9.38 Å². The molecule has 0 saturated heterocycles. The lowest BCUT2D eigenvalue weighted by atomic mass is 10.2. The fourth-order valence-corrected chi connectivity index (χ4v) is 2.77. The summed E-state index contributed by atoms with van der Waals surface area (Å²) >= 11 is 12.0. The number of fused-ring (bicyclic) bond motifs is 1. The fourth-order valence-electron chi connectivity index (χ4n) is 2.31. The largest absolute Gasteiger partial charge is 0.319 e. The SMILES string of the molecule is Cc1ccc2nc(C)c(C(=O)Nc3ccc(Cl)cc3Cl)n2c1. The quantitative estimate of drug-likeness (QED) is 0.749. The molecule has 2 heterocycles. The zero-order valence-corrected chi connectivity index (χ0v) is 13.5. The van der Waals surface area contributed by atoms with E-state index in [-0.39, 0.29) is 5.91 Å². The molecule has 0 bridgehead atoms. The van der Waals surface area contributed by atoms with Gasteiger partial charge in [0, 0.05) is 11.2 Å². The smallest absolute Gasteiger partial charge is 0.274 e. The van der Waals surface area contributed by atoms with Crippen molar-refractivity contribution in [2.75, 3.05) is 5.32 Å². The Morgan fingerprint density at radius 2 is 1.95 bits per heavy atom. The van der Waals surface area contributed by atoms with Gasteiger partial charge in [0.2, 0.25) is 0 Å².